The average Bonchev–Trinajstić information content (AvgIpc) is 2.20. The van der Waals surface area contributed by atoms with Crippen LogP contribution in [0.25, 0.3) is 0 Å². The van der Waals surface area contributed by atoms with Crippen molar-refractivity contribution in [3.63, 3.8) is 0 Å². The van der Waals surface area contributed by atoms with Crippen LogP contribution in [0, 0.1) is 5.82 Å². The largest absolute Gasteiger partial charge is 0.289 e. The minimum Gasteiger partial charge on any atom is -0.289 e. The molecule has 0 saturated carbocycles. The van der Waals surface area contributed by atoms with Crippen molar-refractivity contribution in [2.45, 2.75) is 6.43 Å². The van der Waals surface area contributed by atoms with Crippen LogP contribution in [0.3, 0.4) is 0 Å². The van der Waals surface area contributed by atoms with E-state index in [1.807, 2.05) is 0 Å². The lowest BCUT2D eigenvalue weighted by Gasteiger charge is -2.08. The van der Waals surface area contributed by atoms with Crippen molar-refractivity contribution >= 4 is 17.4 Å². The Morgan fingerprint density at radius 2 is 2.07 bits per heavy atom. The third-order valence-electron chi connectivity index (χ3n) is 1.79. The van der Waals surface area contributed by atoms with Gasteiger partial charge in [0, 0.05) is 5.56 Å². The van der Waals surface area contributed by atoms with Crippen LogP contribution in [0.5, 0.6) is 0 Å². The van der Waals surface area contributed by atoms with Crippen LogP contribution in [0.15, 0.2) is 24.8 Å². The van der Waals surface area contributed by atoms with Gasteiger partial charge in [-0.25, -0.2) is 13.2 Å². The highest BCUT2D eigenvalue weighted by atomic mass is 35.5. The second-order valence-electron chi connectivity index (χ2n) is 2.69. The first-order valence-electron chi connectivity index (χ1n) is 3.91. The molecule has 0 saturated heterocycles. The van der Waals surface area contributed by atoms with Crippen LogP contribution in [-0.4, -0.2) is 5.78 Å². The molecule has 0 radical (unpaired) electrons. The first kappa shape index (κ1) is 11.8. The molecule has 0 aliphatic rings. The molecule has 1 aromatic carbocycles. The van der Waals surface area contributed by atoms with Crippen molar-refractivity contribution in [3.8, 4) is 0 Å². The van der Waals surface area contributed by atoms with E-state index in [4.69, 9.17) is 11.6 Å². The molecule has 0 unspecified atom stereocenters. The van der Waals surface area contributed by atoms with Crippen molar-refractivity contribution in [2.24, 2.45) is 0 Å². The van der Waals surface area contributed by atoms with Gasteiger partial charge >= 0.3 is 0 Å². The Morgan fingerprint density at radius 3 is 2.53 bits per heavy atom. The first-order valence-corrected chi connectivity index (χ1v) is 4.29. The van der Waals surface area contributed by atoms with E-state index in [2.05, 4.69) is 6.58 Å². The molecular formula is C10H6ClF3O. The highest BCUT2D eigenvalue weighted by Crippen LogP contribution is 2.29. The quantitative estimate of drug-likeness (QED) is 0.575. The van der Waals surface area contributed by atoms with Crippen molar-refractivity contribution in [3.05, 3.63) is 46.8 Å². The van der Waals surface area contributed by atoms with E-state index in [1.54, 1.807) is 0 Å². The molecule has 0 aliphatic carbocycles. The highest BCUT2D eigenvalue weighted by molar-refractivity contribution is 6.31. The van der Waals surface area contributed by atoms with Gasteiger partial charge in [-0.1, -0.05) is 24.2 Å². The average molecular weight is 235 g/mol. The van der Waals surface area contributed by atoms with Gasteiger partial charge in [-0.2, -0.15) is 0 Å². The Bertz CT molecular complexity index is 415. The van der Waals surface area contributed by atoms with Crippen LogP contribution in [0.2, 0.25) is 5.02 Å². The van der Waals surface area contributed by atoms with Gasteiger partial charge in [-0.05, 0) is 12.1 Å². The summed E-state index contributed by atoms with van der Waals surface area (Å²) in [5.74, 6) is -2.05. The van der Waals surface area contributed by atoms with Crippen molar-refractivity contribution in [2.75, 3.05) is 0 Å². The second-order valence-corrected chi connectivity index (χ2v) is 3.10. The summed E-state index contributed by atoms with van der Waals surface area (Å²) in [5, 5.41) is -0.371. The SMILES string of the molecule is C=CC(=O)c1c(C(F)F)ccc(Cl)c1F. The molecule has 15 heavy (non-hydrogen) atoms. The smallest absolute Gasteiger partial charge is 0.264 e. The summed E-state index contributed by atoms with van der Waals surface area (Å²) in [4.78, 5) is 11.2. The predicted molar refractivity (Wildman–Crippen MR) is 50.9 cm³/mol. The fraction of sp³-hybridized carbons (Fsp3) is 0.100. The molecule has 5 heteroatoms. The van der Waals surface area contributed by atoms with Gasteiger partial charge in [-0.3, -0.25) is 4.79 Å². The van der Waals surface area contributed by atoms with Crippen LogP contribution in [0.4, 0.5) is 13.2 Å². The summed E-state index contributed by atoms with van der Waals surface area (Å²) in [5.41, 5.74) is -1.39. The van der Waals surface area contributed by atoms with Gasteiger partial charge in [0.1, 0.15) is 0 Å². The predicted octanol–water partition coefficient (Wildman–Crippen LogP) is 3.79. The zero-order chi connectivity index (χ0) is 11.6. The molecule has 1 rings (SSSR count). The minimum atomic E-state index is -2.93. The summed E-state index contributed by atoms with van der Waals surface area (Å²) in [6, 6.07) is 1.91. The summed E-state index contributed by atoms with van der Waals surface area (Å²) in [6.07, 6.45) is -2.17. The topological polar surface area (TPSA) is 17.1 Å². The Kier molecular flexibility index (Phi) is 3.52. The normalized spacial score (nSPS) is 10.5. The third kappa shape index (κ3) is 2.21. The number of carbonyl (C=O) groups is 1. The molecule has 80 valence electrons. The number of hydrogen-bond acceptors (Lipinski definition) is 1. The number of alkyl halides is 2. The van der Waals surface area contributed by atoms with Crippen LogP contribution in [-0.2, 0) is 0 Å². The molecule has 0 bridgehead atoms. The number of benzene rings is 1. The lowest BCUT2D eigenvalue weighted by atomic mass is 10.0. The van der Waals surface area contributed by atoms with Crippen LogP contribution >= 0.6 is 11.6 Å². The van der Waals surface area contributed by atoms with E-state index in [0.29, 0.717) is 0 Å². The molecule has 0 heterocycles. The summed E-state index contributed by atoms with van der Waals surface area (Å²) in [6.45, 7) is 3.10. The Hall–Kier alpha value is -1.29. The van der Waals surface area contributed by atoms with Gasteiger partial charge in [-0.15, -0.1) is 0 Å². The van der Waals surface area contributed by atoms with Crippen LogP contribution < -0.4 is 0 Å². The van der Waals surface area contributed by atoms with E-state index >= 15 is 0 Å². The molecule has 0 amide bonds. The van der Waals surface area contributed by atoms with Crippen molar-refractivity contribution in [1.29, 1.82) is 0 Å². The van der Waals surface area contributed by atoms with E-state index in [0.717, 1.165) is 18.2 Å². The maximum Gasteiger partial charge on any atom is 0.264 e. The number of carbonyl (C=O) groups excluding carboxylic acids is 1. The molecule has 1 aromatic rings. The molecule has 0 fully saturated rings. The summed E-state index contributed by atoms with van der Waals surface area (Å²) >= 11 is 5.39. The van der Waals surface area contributed by atoms with Crippen molar-refractivity contribution < 1.29 is 18.0 Å². The first-order chi connectivity index (χ1) is 6.99. The van der Waals surface area contributed by atoms with Crippen LogP contribution in [0.1, 0.15) is 22.3 Å². The number of halogens is 4. The van der Waals surface area contributed by atoms with E-state index in [-0.39, 0.29) is 5.02 Å². The third-order valence-corrected chi connectivity index (χ3v) is 2.09. The number of hydrogen-bond donors (Lipinski definition) is 0. The molecule has 0 atom stereocenters. The monoisotopic (exact) mass is 234 g/mol. The van der Waals surface area contributed by atoms with E-state index < -0.39 is 29.2 Å². The standard InChI is InChI=1S/C10H6ClF3O/c1-2-7(15)8-5(10(13)14)3-4-6(11)9(8)12/h2-4,10H,1H2. The van der Waals surface area contributed by atoms with Gasteiger partial charge in [0.2, 0.25) is 0 Å². The highest BCUT2D eigenvalue weighted by Gasteiger charge is 2.22. The van der Waals surface area contributed by atoms with Gasteiger partial charge in [0.25, 0.3) is 6.43 Å². The number of allylic oxidation sites excluding steroid dienone is 1. The van der Waals surface area contributed by atoms with E-state index in [9.17, 15) is 18.0 Å². The number of rotatable bonds is 3. The van der Waals surface area contributed by atoms with Crippen molar-refractivity contribution in [1.82, 2.24) is 0 Å². The lowest BCUT2D eigenvalue weighted by Crippen LogP contribution is -2.05. The fourth-order valence-electron chi connectivity index (χ4n) is 1.10. The lowest BCUT2D eigenvalue weighted by molar-refractivity contribution is 0.102. The molecular weight excluding hydrogens is 229 g/mol. The Balaban J connectivity index is 3.48. The Morgan fingerprint density at radius 1 is 1.47 bits per heavy atom. The molecule has 0 N–H and O–H groups in total. The Labute approximate surface area is 89.2 Å². The fourth-order valence-corrected chi connectivity index (χ4v) is 1.26. The van der Waals surface area contributed by atoms with Gasteiger partial charge in [0.15, 0.2) is 11.6 Å². The second kappa shape index (κ2) is 4.49. The van der Waals surface area contributed by atoms with E-state index in [1.165, 1.54) is 0 Å². The summed E-state index contributed by atoms with van der Waals surface area (Å²) < 4.78 is 38.2. The number of ketones is 1. The minimum absolute atomic E-state index is 0.371. The molecule has 0 aromatic heterocycles. The maximum atomic E-state index is 13.3. The molecule has 0 aliphatic heterocycles. The maximum absolute atomic E-state index is 13.3. The molecule has 0 spiro atoms. The zero-order valence-electron chi connectivity index (χ0n) is 7.44. The molecule has 1 nitrogen and oxygen atoms in total. The van der Waals surface area contributed by atoms with Gasteiger partial charge in [0.05, 0.1) is 10.6 Å². The van der Waals surface area contributed by atoms with Gasteiger partial charge < -0.3 is 0 Å². The zero-order valence-corrected chi connectivity index (χ0v) is 8.19. The summed E-state index contributed by atoms with van der Waals surface area (Å²) in [7, 11) is 0.